The largest absolute Gasteiger partial charge is 0.387 e. The molecule has 2 aliphatic rings. The van der Waals surface area contributed by atoms with E-state index in [2.05, 4.69) is 6.07 Å². The Morgan fingerprint density at radius 1 is 1.32 bits per heavy atom. The second-order valence-corrected chi connectivity index (χ2v) is 7.66. The Balaban J connectivity index is 1.57. The topological polar surface area (TPSA) is 59.0 Å². The molecule has 0 aromatic heterocycles. The number of carbonyl (C=O) groups excluding carboxylic acids is 1. The van der Waals surface area contributed by atoms with Crippen LogP contribution in [0.5, 0.6) is 0 Å². The SMILES string of the molecule is COCC1(O)CCOC2(CCN(C(=O)Cc3cccc(C)c3)CC2)C1. The smallest absolute Gasteiger partial charge is 0.226 e. The van der Waals surface area contributed by atoms with E-state index in [0.717, 1.165) is 18.4 Å². The predicted octanol–water partition coefficient (Wildman–Crippen LogP) is 2.09. The Bertz CT molecular complexity index is 605. The van der Waals surface area contributed by atoms with Gasteiger partial charge in [-0.25, -0.2) is 0 Å². The van der Waals surface area contributed by atoms with Crippen LogP contribution in [0.4, 0.5) is 0 Å². The Hall–Kier alpha value is -1.43. The zero-order valence-electron chi connectivity index (χ0n) is 15.3. The molecule has 1 atom stereocenters. The van der Waals surface area contributed by atoms with Crippen molar-refractivity contribution in [3.8, 4) is 0 Å². The molecule has 5 nitrogen and oxygen atoms in total. The minimum absolute atomic E-state index is 0.170. The third-order valence-electron chi connectivity index (χ3n) is 5.51. The molecule has 2 aliphatic heterocycles. The molecular weight excluding hydrogens is 318 g/mol. The molecule has 2 heterocycles. The van der Waals surface area contributed by atoms with Gasteiger partial charge in [0.2, 0.25) is 5.91 Å². The highest BCUT2D eigenvalue weighted by atomic mass is 16.5. The zero-order valence-corrected chi connectivity index (χ0v) is 15.3. The molecule has 1 spiro atoms. The summed E-state index contributed by atoms with van der Waals surface area (Å²) in [6.45, 7) is 4.31. The van der Waals surface area contributed by atoms with E-state index in [1.54, 1.807) is 7.11 Å². The minimum Gasteiger partial charge on any atom is -0.387 e. The lowest BCUT2D eigenvalue weighted by Crippen LogP contribution is -2.56. The standard InChI is InChI=1S/C20H29NO4/c1-16-4-3-5-17(12-16)13-18(22)21-9-6-20(7-10-21)14-19(23,15-24-2)8-11-25-20/h3-5,12,23H,6-11,13-15H2,1-2H3. The first-order valence-corrected chi connectivity index (χ1v) is 9.12. The molecule has 1 N–H and O–H groups in total. The van der Waals surface area contributed by atoms with Crippen LogP contribution in [0.25, 0.3) is 0 Å². The number of rotatable bonds is 4. The average Bonchev–Trinajstić information content (AvgIpc) is 2.55. The molecule has 0 saturated carbocycles. The molecule has 1 aromatic carbocycles. The fourth-order valence-corrected chi connectivity index (χ4v) is 4.18. The summed E-state index contributed by atoms with van der Waals surface area (Å²) in [7, 11) is 1.62. The van der Waals surface area contributed by atoms with Crippen molar-refractivity contribution in [3.05, 3.63) is 35.4 Å². The van der Waals surface area contributed by atoms with Crippen molar-refractivity contribution in [1.29, 1.82) is 0 Å². The fourth-order valence-electron chi connectivity index (χ4n) is 4.18. The van der Waals surface area contributed by atoms with E-state index in [4.69, 9.17) is 9.47 Å². The molecule has 0 bridgehead atoms. The van der Waals surface area contributed by atoms with Crippen molar-refractivity contribution >= 4 is 5.91 Å². The van der Waals surface area contributed by atoms with Crippen molar-refractivity contribution in [3.63, 3.8) is 0 Å². The van der Waals surface area contributed by atoms with Crippen molar-refractivity contribution in [2.24, 2.45) is 0 Å². The highest BCUT2D eigenvalue weighted by molar-refractivity contribution is 5.79. The lowest BCUT2D eigenvalue weighted by Gasteiger charge is -2.49. The maximum atomic E-state index is 12.6. The van der Waals surface area contributed by atoms with E-state index in [1.165, 1.54) is 5.56 Å². The maximum absolute atomic E-state index is 12.6. The number of hydrogen-bond acceptors (Lipinski definition) is 4. The summed E-state index contributed by atoms with van der Waals surface area (Å²) < 4.78 is 11.2. The van der Waals surface area contributed by atoms with Gasteiger partial charge >= 0.3 is 0 Å². The monoisotopic (exact) mass is 347 g/mol. The van der Waals surface area contributed by atoms with Gasteiger partial charge in [0.1, 0.15) is 0 Å². The van der Waals surface area contributed by atoms with Crippen LogP contribution in [0, 0.1) is 6.92 Å². The van der Waals surface area contributed by atoms with Gasteiger partial charge in [-0.15, -0.1) is 0 Å². The Morgan fingerprint density at radius 3 is 2.76 bits per heavy atom. The van der Waals surface area contributed by atoms with E-state index in [1.807, 2.05) is 30.0 Å². The zero-order chi connectivity index (χ0) is 17.9. The number of benzene rings is 1. The molecule has 0 aliphatic carbocycles. The quantitative estimate of drug-likeness (QED) is 0.906. The van der Waals surface area contributed by atoms with E-state index < -0.39 is 5.60 Å². The van der Waals surface area contributed by atoms with Crippen molar-refractivity contribution in [1.82, 2.24) is 4.90 Å². The minimum atomic E-state index is -0.805. The van der Waals surface area contributed by atoms with Gasteiger partial charge in [-0.2, -0.15) is 0 Å². The number of aliphatic hydroxyl groups is 1. The maximum Gasteiger partial charge on any atom is 0.226 e. The summed E-state index contributed by atoms with van der Waals surface area (Å²) >= 11 is 0. The number of aryl methyl sites for hydroxylation is 1. The highest BCUT2D eigenvalue weighted by Gasteiger charge is 2.46. The summed E-state index contributed by atoms with van der Waals surface area (Å²) in [5, 5.41) is 10.7. The van der Waals surface area contributed by atoms with E-state index in [-0.39, 0.29) is 11.5 Å². The molecule has 0 radical (unpaired) electrons. The molecule has 25 heavy (non-hydrogen) atoms. The number of likely N-dealkylation sites (tertiary alicyclic amines) is 1. The molecule has 2 saturated heterocycles. The number of piperidine rings is 1. The van der Waals surface area contributed by atoms with Crippen LogP contribution in [-0.2, 0) is 20.7 Å². The van der Waals surface area contributed by atoms with Gasteiger partial charge in [0.05, 0.1) is 30.8 Å². The molecule has 138 valence electrons. The summed E-state index contributed by atoms with van der Waals surface area (Å²) in [6, 6.07) is 8.11. The average molecular weight is 347 g/mol. The Labute approximate surface area is 149 Å². The van der Waals surface area contributed by atoms with E-state index >= 15 is 0 Å². The first kappa shape index (κ1) is 18.4. The number of methoxy groups -OCH3 is 1. The molecule has 2 fully saturated rings. The molecule has 1 amide bonds. The number of hydrogen-bond donors (Lipinski definition) is 1. The van der Waals surface area contributed by atoms with Crippen LogP contribution in [0.15, 0.2) is 24.3 Å². The first-order valence-electron chi connectivity index (χ1n) is 9.12. The number of nitrogens with zero attached hydrogens (tertiary/aromatic N) is 1. The van der Waals surface area contributed by atoms with Gasteiger partial charge in [-0.3, -0.25) is 4.79 Å². The lowest BCUT2D eigenvalue weighted by molar-refractivity contribution is -0.192. The second-order valence-electron chi connectivity index (χ2n) is 7.66. The molecule has 1 aromatic rings. The van der Waals surface area contributed by atoms with Crippen LogP contribution >= 0.6 is 0 Å². The highest BCUT2D eigenvalue weighted by Crippen LogP contribution is 2.39. The third kappa shape index (κ3) is 4.40. The summed E-state index contributed by atoms with van der Waals surface area (Å²) in [6.07, 6.45) is 3.20. The van der Waals surface area contributed by atoms with Crippen LogP contribution in [0.2, 0.25) is 0 Å². The predicted molar refractivity (Wildman–Crippen MR) is 95.4 cm³/mol. The van der Waals surface area contributed by atoms with Gasteiger partial charge < -0.3 is 19.5 Å². The van der Waals surface area contributed by atoms with Crippen LogP contribution in [-0.4, -0.2) is 60.5 Å². The van der Waals surface area contributed by atoms with Crippen molar-refractivity contribution in [2.45, 2.75) is 50.2 Å². The molecule has 3 rings (SSSR count). The fraction of sp³-hybridized carbons (Fsp3) is 0.650. The summed E-state index contributed by atoms with van der Waals surface area (Å²) in [4.78, 5) is 14.5. The Morgan fingerprint density at radius 2 is 2.08 bits per heavy atom. The summed E-state index contributed by atoms with van der Waals surface area (Å²) in [5.74, 6) is 0.170. The van der Waals surface area contributed by atoms with Gasteiger partial charge in [0.25, 0.3) is 0 Å². The number of ether oxygens (including phenoxy) is 2. The first-order chi connectivity index (χ1) is 11.9. The van der Waals surface area contributed by atoms with Gasteiger partial charge in [0.15, 0.2) is 0 Å². The van der Waals surface area contributed by atoms with E-state index in [9.17, 15) is 9.90 Å². The third-order valence-corrected chi connectivity index (χ3v) is 5.51. The second kappa shape index (κ2) is 7.44. The van der Waals surface area contributed by atoms with Crippen molar-refractivity contribution in [2.75, 3.05) is 33.4 Å². The molecular formula is C20H29NO4. The number of carbonyl (C=O) groups is 1. The van der Waals surface area contributed by atoms with Crippen LogP contribution < -0.4 is 0 Å². The normalized spacial score (nSPS) is 26.0. The van der Waals surface area contributed by atoms with Gasteiger partial charge in [-0.1, -0.05) is 29.8 Å². The number of amides is 1. The lowest BCUT2D eigenvalue weighted by atomic mass is 9.77. The van der Waals surface area contributed by atoms with Gasteiger partial charge in [-0.05, 0) is 25.3 Å². The summed E-state index contributed by atoms with van der Waals surface area (Å²) in [5.41, 5.74) is 1.12. The molecule has 5 heteroatoms. The molecule has 1 unspecified atom stereocenters. The van der Waals surface area contributed by atoms with Crippen molar-refractivity contribution < 1.29 is 19.4 Å². The van der Waals surface area contributed by atoms with E-state index in [0.29, 0.717) is 45.6 Å². The van der Waals surface area contributed by atoms with Gasteiger partial charge in [0, 0.05) is 33.0 Å². The van der Waals surface area contributed by atoms with Crippen LogP contribution in [0.1, 0.15) is 36.8 Å². The Kier molecular flexibility index (Phi) is 5.46. The van der Waals surface area contributed by atoms with Crippen LogP contribution in [0.3, 0.4) is 0 Å².